The van der Waals surface area contributed by atoms with Crippen LogP contribution in [-0.4, -0.2) is 12.2 Å². The molecule has 0 bridgehead atoms. The van der Waals surface area contributed by atoms with Crippen molar-refractivity contribution in [3.8, 4) is 0 Å². The van der Waals surface area contributed by atoms with Gasteiger partial charge in [0.25, 0.3) is 0 Å². The van der Waals surface area contributed by atoms with Gasteiger partial charge in [-0.2, -0.15) is 0 Å². The summed E-state index contributed by atoms with van der Waals surface area (Å²) in [4.78, 5) is 0. The fourth-order valence-electron chi connectivity index (χ4n) is 1.19. The maximum absolute atomic E-state index is 5.84. The van der Waals surface area contributed by atoms with Gasteiger partial charge in [0.05, 0.1) is 5.60 Å². The molecule has 0 N–H and O–H groups in total. The molecule has 0 aromatic heterocycles. The van der Waals surface area contributed by atoms with E-state index in [-0.39, 0.29) is 5.60 Å². The van der Waals surface area contributed by atoms with Crippen molar-refractivity contribution < 1.29 is 4.74 Å². The van der Waals surface area contributed by atoms with Crippen molar-refractivity contribution in [3.63, 3.8) is 0 Å². The Balaban J connectivity index is 3.78. The van der Waals surface area contributed by atoms with Crippen molar-refractivity contribution in [1.29, 1.82) is 0 Å². The quantitative estimate of drug-likeness (QED) is 0.557. The van der Waals surface area contributed by atoms with Gasteiger partial charge in [-0.15, -0.1) is 6.58 Å². The van der Waals surface area contributed by atoms with Gasteiger partial charge in [-0.1, -0.05) is 33.3 Å². The van der Waals surface area contributed by atoms with Crippen molar-refractivity contribution in [3.05, 3.63) is 12.7 Å². The molecule has 0 aliphatic heterocycles. The first-order chi connectivity index (χ1) is 6.33. The molecule has 0 radical (unpaired) electrons. The zero-order valence-electron chi connectivity index (χ0n) is 10.5. The Bertz CT molecular complexity index is 168. The standard InChI is InChI=1S/C13H26O/c1-7-9-13(5,6)14-11-10-12(3,4)8-2/h7H,1,8-11H2,2-6H3. The van der Waals surface area contributed by atoms with Crippen LogP contribution in [0, 0.1) is 5.41 Å². The lowest BCUT2D eigenvalue weighted by atomic mass is 9.87. The first-order valence-corrected chi connectivity index (χ1v) is 5.58. The summed E-state index contributed by atoms with van der Waals surface area (Å²) in [5, 5.41) is 0. The van der Waals surface area contributed by atoms with Crippen LogP contribution >= 0.6 is 0 Å². The fourth-order valence-corrected chi connectivity index (χ4v) is 1.19. The molecule has 0 unspecified atom stereocenters. The summed E-state index contributed by atoms with van der Waals surface area (Å²) < 4.78 is 5.84. The molecule has 0 aliphatic carbocycles. The van der Waals surface area contributed by atoms with Crippen LogP contribution in [-0.2, 0) is 4.74 Å². The Kier molecular flexibility index (Phi) is 5.43. The average molecular weight is 198 g/mol. The number of hydrogen-bond donors (Lipinski definition) is 0. The topological polar surface area (TPSA) is 9.23 Å². The molecule has 0 saturated carbocycles. The van der Waals surface area contributed by atoms with Gasteiger partial charge in [0.1, 0.15) is 0 Å². The average Bonchev–Trinajstić information content (AvgIpc) is 2.03. The lowest BCUT2D eigenvalue weighted by molar-refractivity contribution is -0.0268. The van der Waals surface area contributed by atoms with Crippen molar-refractivity contribution >= 4 is 0 Å². The highest BCUT2D eigenvalue weighted by Crippen LogP contribution is 2.25. The maximum atomic E-state index is 5.84. The second kappa shape index (κ2) is 5.55. The van der Waals surface area contributed by atoms with Gasteiger partial charge in [0, 0.05) is 6.61 Å². The fraction of sp³-hybridized carbons (Fsp3) is 0.846. The molecule has 1 nitrogen and oxygen atoms in total. The molecule has 1 heteroatoms. The number of rotatable bonds is 7. The second-order valence-corrected chi connectivity index (χ2v) is 5.37. The molecule has 0 amide bonds. The normalized spacial score (nSPS) is 12.9. The Morgan fingerprint density at radius 2 is 1.79 bits per heavy atom. The van der Waals surface area contributed by atoms with Gasteiger partial charge in [-0.25, -0.2) is 0 Å². The third-order valence-corrected chi connectivity index (χ3v) is 2.86. The third-order valence-electron chi connectivity index (χ3n) is 2.86. The van der Waals surface area contributed by atoms with E-state index in [0.717, 1.165) is 19.4 Å². The molecule has 0 spiro atoms. The molecule has 0 aromatic carbocycles. The Morgan fingerprint density at radius 3 is 2.21 bits per heavy atom. The number of ether oxygens (including phenoxy) is 1. The van der Waals surface area contributed by atoms with E-state index >= 15 is 0 Å². The van der Waals surface area contributed by atoms with Crippen LogP contribution in [0.3, 0.4) is 0 Å². The highest BCUT2D eigenvalue weighted by atomic mass is 16.5. The van der Waals surface area contributed by atoms with E-state index in [1.807, 2.05) is 6.08 Å². The van der Waals surface area contributed by atoms with Crippen LogP contribution in [0.5, 0.6) is 0 Å². The van der Waals surface area contributed by atoms with E-state index in [4.69, 9.17) is 4.74 Å². The molecule has 0 heterocycles. The first kappa shape index (κ1) is 13.7. The minimum absolute atomic E-state index is 0.0500. The minimum atomic E-state index is -0.0500. The van der Waals surface area contributed by atoms with Crippen molar-refractivity contribution in [2.75, 3.05) is 6.61 Å². The Morgan fingerprint density at radius 1 is 1.21 bits per heavy atom. The van der Waals surface area contributed by atoms with E-state index < -0.39 is 0 Å². The molecule has 0 fully saturated rings. The predicted molar refractivity (Wildman–Crippen MR) is 63.5 cm³/mol. The van der Waals surface area contributed by atoms with E-state index in [9.17, 15) is 0 Å². The van der Waals surface area contributed by atoms with E-state index in [2.05, 4.69) is 41.2 Å². The molecule has 0 rings (SSSR count). The molecule has 84 valence electrons. The largest absolute Gasteiger partial charge is 0.375 e. The molecule has 0 saturated heterocycles. The molecule has 0 aromatic rings. The van der Waals surface area contributed by atoms with Crippen LogP contribution < -0.4 is 0 Å². The molecular weight excluding hydrogens is 172 g/mol. The summed E-state index contributed by atoms with van der Waals surface area (Å²) in [5.41, 5.74) is 0.357. The first-order valence-electron chi connectivity index (χ1n) is 5.58. The monoisotopic (exact) mass is 198 g/mol. The van der Waals surface area contributed by atoms with Gasteiger partial charge in [0.2, 0.25) is 0 Å². The number of hydrogen-bond acceptors (Lipinski definition) is 1. The highest BCUT2D eigenvalue weighted by Gasteiger charge is 2.19. The summed E-state index contributed by atoms with van der Waals surface area (Å²) in [6.45, 7) is 15.6. The summed E-state index contributed by atoms with van der Waals surface area (Å²) in [6, 6.07) is 0. The Labute approximate surface area is 89.5 Å². The Hall–Kier alpha value is -0.300. The lowest BCUT2D eigenvalue weighted by Gasteiger charge is -2.28. The third kappa shape index (κ3) is 6.20. The van der Waals surface area contributed by atoms with Crippen LogP contribution in [0.2, 0.25) is 0 Å². The van der Waals surface area contributed by atoms with Crippen LogP contribution in [0.25, 0.3) is 0 Å². The van der Waals surface area contributed by atoms with Crippen LogP contribution in [0.4, 0.5) is 0 Å². The SMILES string of the molecule is C=CCC(C)(C)OCCC(C)(C)CC. The van der Waals surface area contributed by atoms with Crippen molar-refractivity contribution in [2.24, 2.45) is 5.41 Å². The van der Waals surface area contributed by atoms with E-state index in [1.54, 1.807) is 0 Å². The smallest absolute Gasteiger partial charge is 0.0660 e. The summed E-state index contributed by atoms with van der Waals surface area (Å²) >= 11 is 0. The summed E-state index contributed by atoms with van der Waals surface area (Å²) in [7, 11) is 0. The summed E-state index contributed by atoms with van der Waals surface area (Å²) in [6.07, 6.45) is 5.17. The van der Waals surface area contributed by atoms with Crippen LogP contribution in [0.15, 0.2) is 12.7 Å². The molecular formula is C13H26O. The van der Waals surface area contributed by atoms with Crippen molar-refractivity contribution in [2.45, 2.75) is 59.5 Å². The van der Waals surface area contributed by atoms with Gasteiger partial charge in [-0.3, -0.25) is 0 Å². The minimum Gasteiger partial charge on any atom is -0.375 e. The molecule has 0 atom stereocenters. The maximum Gasteiger partial charge on any atom is 0.0660 e. The molecule has 14 heavy (non-hydrogen) atoms. The van der Waals surface area contributed by atoms with Gasteiger partial charge < -0.3 is 4.74 Å². The zero-order chi connectivity index (χ0) is 11.2. The van der Waals surface area contributed by atoms with Gasteiger partial charge in [0.15, 0.2) is 0 Å². The summed E-state index contributed by atoms with van der Waals surface area (Å²) in [5.74, 6) is 0. The highest BCUT2D eigenvalue weighted by molar-refractivity contribution is 4.80. The van der Waals surface area contributed by atoms with Crippen LogP contribution in [0.1, 0.15) is 53.9 Å². The predicted octanol–water partition coefficient (Wildman–Crippen LogP) is 4.18. The van der Waals surface area contributed by atoms with E-state index in [1.165, 1.54) is 6.42 Å². The van der Waals surface area contributed by atoms with Gasteiger partial charge in [-0.05, 0) is 32.1 Å². The van der Waals surface area contributed by atoms with E-state index in [0.29, 0.717) is 5.41 Å². The van der Waals surface area contributed by atoms with Gasteiger partial charge >= 0.3 is 0 Å². The second-order valence-electron chi connectivity index (χ2n) is 5.37. The molecule has 0 aliphatic rings. The lowest BCUT2D eigenvalue weighted by Crippen LogP contribution is -2.26. The zero-order valence-corrected chi connectivity index (χ0v) is 10.5. The van der Waals surface area contributed by atoms with Crippen molar-refractivity contribution in [1.82, 2.24) is 0 Å².